The maximum atomic E-state index is 12.6. The number of amides is 1. The topological polar surface area (TPSA) is 79.6 Å². The van der Waals surface area contributed by atoms with Crippen LogP contribution in [0.4, 0.5) is 0 Å². The Morgan fingerprint density at radius 1 is 1.15 bits per heavy atom. The molecule has 140 valence electrons. The van der Waals surface area contributed by atoms with Crippen molar-refractivity contribution in [3.05, 3.63) is 53.5 Å². The largest absolute Gasteiger partial charge is 0.455 e. The van der Waals surface area contributed by atoms with Gasteiger partial charge in [-0.1, -0.05) is 18.2 Å². The van der Waals surface area contributed by atoms with Crippen LogP contribution in [0.3, 0.4) is 0 Å². The van der Waals surface area contributed by atoms with Crippen molar-refractivity contribution in [2.45, 2.75) is 30.4 Å². The maximum Gasteiger partial charge on any atom is 0.287 e. The molecule has 1 saturated heterocycles. The van der Waals surface area contributed by atoms with Crippen molar-refractivity contribution >= 4 is 15.7 Å². The number of hydrogen-bond donors (Lipinski definition) is 1. The third kappa shape index (κ3) is 4.53. The van der Waals surface area contributed by atoms with Crippen LogP contribution in [0.2, 0.25) is 0 Å². The predicted octanol–water partition coefficient (Wildman–Crippen LogP) is 2.39. The molecule has 0 bridgehead atoms. The minimum absolute atomic E-state index is 0.140. The van der Waals surface area contributed by atoms with Crippen LogP contribution in [0.1, 0.15) is 34.7 Å². The molecule has 1 aliphatic rings. The standard InChI is InChI=1S/C19H24N2O4S/c1-15-6-2-3-7-18(15)26(23,24)14-16-8-9-17(25-16)19(22)20-10-13-21-11-4-5-12-21/h2-3,6-9H,4-5,10-14H2,1H3,(H,20,22). The van der Waals surface area contributed by atoms with Crippen LogP contribution in [0.25, 0.3) is 0 Å². The average molecular weight is 376 g/mol. The number of furan rings is 1. The van der Waals surface area contributed by atoms with E-state index in [0.29, 0.717) is 12.1 Å². The number of sulfone groups is 1. The zero-order chi connectivity index (χ0) is 18.6. The molecule has 1 aromatic heterocycles. The van der Waals surface area contributed by atoms with E-state index in [1.807, 2.05) is 0 Å². The van der Waals surface area contributed by atoms with Gasteiger partial charge in [0.05, 0.1) is 4.90 Å². The van der Waals surface area contributed by atoms with Crippen molar-refractivity contribution < 1.29 is 17.6 Å². The first kappa shape index (κ1) is 18.7. The van der Waals surface area contributed by atoms with Crippen LogP contribution in [0.5, 0.6) is 0 Å². The second kappa shape index (κ2) is 8.05. The number of rotatable bonds is 7. The SMILES string of the molecule is Cc1ccccc1S(=O)(=O)Cc1ccc(C(=O)NCCN2CCCC2)o1. The summed E-state index contributed by atoms with van der Waals surface area (Å²) in [6.45, 7) is 5.29. The first-order valence-corrected chi connectivity index (χ1v) is 10.5. The molecule has 0 atom stereocenters. The molecule has 0 aliphatic carbocycles. The Kier molecular flexibility index (Phi) is 5.78. The summed E-state index contributed by atoms with van der Waals surface area (Å²) in [5.41, 5.74) is 0.693. The van der Waals surface area contributed by atoms with Gasteiger partial charge in [0.1, 0.15) is 11.5 Å². The molecule has 0 spiro atoms. The van der Waals surface area contributed by atoms with Crippen molar-refractivity contribution in [1.29, 1.82) is 0 Å². The Morgan fingerprint density at radius 3 is 2.62 bits per heavy atom. The molecule has 0 unspecified atom stereocenters. The third-order valence-corrected chi connectivity index (χ3v) is 6.35. The summed E-state index contributed by atoms with van der Waals surface area (Å²) >= 11 is 0. The molecule has 0 radical (unpaired) electrons. The highest BCUT2D eigenvalue weighted by Crippen LogP contribution is 2.21. The lowest BCUT2D eigenvalue weighted by Crippen LogP contribution is -2.33. The van der Waals surface area contributed by atoms with Crippen molar-refractivity contribution in [1.82, 2.24) is 10.2 Å². The highest BCUT2D eigenvalue weighted by Gasteiger charge is 2.21. The molecule has 2 heterocycles. The first-order chi connectivity index (χ1) is 12.5. The highest BCUT2D eigenvalue weighted by molar-refractivity contribution is 7.90. The Hall–Kier alpha value is -2.12. The van der Waals surface area contributed by atoms with Gasteiger partial charge in [-0.15, -0.1) is 0 Å². The Labute approximate surface area is 154 Å². The lowest BCUT2D eigenvalue weighted by Gasteiger charge is -2.14. The third-order valence-electron chi connectivity index (χ3n) is 4.56. The molecule has 1 N–H and O–H groups in total. The van der Waals surface area contributed by atoms with Gasteiger partial charge >= 0.3 is 0 Å². The summed E-state index contributed by atoms with van der Waals surface area (Å²) in [6, 6.07) is 9.90. The van der Waals surface area contributed by atoms with Crippen LogP contribution < -0.4 is 5.32 Å². The molecule has 0 saturated carbocycles. The second-order valence-electron chi connectivity index (χ2n) is 6.60. The fourth-order valence-electron chi connectivity index (χ4n) is 3.17. The van der Waals surface area contributed by atoms with Crippen LogP contribution in [-0.4, -0.2) is 45.4 Å². The van der Waals surface area contributed by atoms with E-state index in [0.717, 1.165) is 19.6 Å². The zero-order valence-corrected chi connectivity index (χ0v) is 15.7. The Bertz CT molecular complexity index is 867. The van der Waals surface area contributed by atoms with Crippen molar-refractivity contribution in [3.8, 4) is 0 Å². The molecule has 1 amide bonds. The first-order valence-electron chi connectivity index (χ1n) is 8.83. The van der Waals surface area contributed by atoms with Gasteiger partial charge in [0, 0.05) is 13.1 Å². The molecule has 2 aromatic rings. The molecule has 6 nitrogen and oxygen atoms in total. The molecule has 1 aliphatic heterocycles. The van der Waals surface area contributed by atoms with Gasteiger partial charge < -0.3 is 14.6 Å². The smallest absolute Gasteiger partial charge is 0.287 e. The molecule has 1 aromatic carbocycles. The van der Waals surface area contributed by atoms with E-state index in [4.69, 9.17) is 4.42 Å². The molecule has 3 rings (SSSR count). The van der Waals surface area contributed by atoms with Gasteiger partial charge in [-0.25, -0.2) is 8.42 Å². The number of benzene rings is 1. The summed E-state index contributed by atoms with van der Waals surface area (Å²) in [6.07, 6.45) is 2.43. The van der Waals surface area contributed by atoms with E-state index >= 15 is 0 Å². The van der Waals surface area contributed by atoms with Crippen molar-refractivity contribution in [3.63, 3.8) is 0 Å². The summed E-state index contributed by atoms with van der Waals surface area (Å²) in [7, 11) is -3.52. The normalized spacial score (nSPS) is 15.3. The summed E-state index contributed by atoms with van der Waals surface area (Å²) in [4.78, 5) is 14.7. The van der Waals surface area contributed by atoms with Gasteiger partial charge in [-0.3, -0.25) is 4.79 Å². The minimum Gasteiger partial charge on any atom is -0.455 e. The van der Waals surface area contributed by atoms with E-state index in [-0.39, 0.29) is 28.1 Å². The number of carbonyl (C=O) groups is 1. The molecule has 26 heavy (non-hydrogen) atoms. The van der Waals surface area contributed by atoms with E-state index in [2.05, 4.69) is 10.2 Å². The lowest BCUT2D eigenvalue weighted by atomic mass is 10.2. The van der Waals surface area contributed by atoms with Crippen LogP contribution in [-0.2, 0) is 15.6 Å². The fourth-order valence-corrected chi connectivity index (χ4v) is 4.70. The molecule has 1 fully saturated rings. The predicted molar refractivity (Wildman–Crippen MR) is 98.8 cm³/mol. The number of aryl methyl sites for hydroxylation is 1. The van der Waals surface area contributed by atoms with Crippen LogP contribution in [0.15, 0.2) is 45.7 Å². The van der Waals surface area contributed by atoms with E-state index in [1.165, 1.54) is 18.9 Å². The Morgan fingerprint density at radius 2 is 1.88 bits per heavy atom. The Balaban J connectivity index is 1.58. The number of nitrogens with zero attached hydrogens (tertiary/aromatic N) is 1. The van der Waals surface area contributed by atoms with Crippen molar-refractivity contribution in [2.24, 2.45) is 0 Å². The van der Waals surface area contributed by atoms with Crippen LogP contribution in [0, 0.1) is 6.92 Å². The fraction of sp³-hybridized carbons (Fsp3) is 0.421. The average Bonchev–Trinajstić information content (AvgIpc) is 3.26. The quantitative estimate of drug-likeness (QED) is 0.803. The number of carbonyl (C=O) groups excluding carboxylic acids is 1. The van der Waals surface area contributed by atoms with E-state index < -0.39 is 9.84 Å². The number of nitrogens with one attached hydrogen (secondary N) is 1. The van der Waals surface area contributed by atoms with Gasteiger partial charge in [0.25, 0.3) is 5.91 Å². The van der Waals surface area contributed by atoms with Gasteiger partial charge in [0.2, 0.25) is 0 Å². The second-order valence-corrected chi connectivity index (χ2v) is 8.55. The summed E-state index contributed by atoms with van der Waals surface area (Å²) in [5, 5.41) is 2.82. The monoisotopic (exact) mass is 376 g/mol. The van der Waals surface area contributed by atoms with E-state index in [1.54, 1.807) is 37.3 Å². The van der Waals surface area contributed by atoms with Gasteiger partial charge in [-0.2, -0.15) is 0 Å². The summed E-state index contributed by atoms with van der Waals surface area (Å²) < 4.78 is 30.6. The number of hydrogen-bond acceptors (Lipinski definition) is 5. The molecular formula is C19H24N2O4S. The van der Waals surface area contributed by atoms with Crippen molar-refractivity contribution in [2.75, 3.05) is 26.2 Å². The summed E-state index contributed by atoms with van der Waals surface area (Å²) in [5.74, 6) is -0.179. The highest BCUT2D eigenvalue weighted by atomic mass is 32.2. The van der Waals surface area contributed by atoms with Gasteiger partial charge in [0.15, 0.2) is 15.6 Å². The lowest BCUT2D eigenvalue weighted by molar-refractivity contribution is 0.0920. The zero-order valence-electron chi connectivity index (χ0n) is 14.9. The minimum atomic E-state index is -3.52. The van der Waals surface area contributed by atoms with Gasteiger partial charge in [-0.05, 0) is 56.6 Å². The molecular weight excluding hydrogens is 352 g/mol. The van der Waals surface area contributed by atoms with Crippen LogP contribution >= 0.6 is 0 Å². The maximum absolute atomic E-state index is 12.6. The van der Waals surface area contributed by atoms with E-state index in [9.17, 15) is 13.2 Å². The molecule has 7 heteroatoms. The number of likely N-dealkylation sites (tertiary alicyclic amines) is 1.